The maximum Gasteiger partial charge on any atom is 0.307 e. The molecule has 2 atom stereocenters. The molecule has 0 unspecified atom stereocenters. The molecule has 1 heterocycles. The summed E-state index contributed by atoms with van der Waals surface area (Å²) in [6, 6.07) is 0.325. The molecule has 0 aromatic rings. The number of hydrogen-bond donors (Lipinski definition) is 1. The van der Waals surface area contributed by atoms with Crippen LogP contribution in [0.2, 0.25) is 0 Å². The van der Waals surface area contributed by atoms with E-state index in [9.17, 15) is 4.79 Å². The predicted molar refractivity (Wildman–Crippen MR) is 46.8 cm³/mol. The second-order valence-corrected chi connectivity index (χ2v) is 3.46. The maximum absolute atomic E-state index is 11.0. The van der Waals surface area contributed by atoms with E-state index in [0.717, 1.165) is 6.54 Å². The summed E-state index contributed by atoms with van der Waals surface area (Å²) in [6.45, 7) is 3.21. The molecule has 12 heavy (non-hydrogen) atoms. The Kier molecular flexibility index (Phi) is 3.53. The monoisotopic (exact) mass is 171 g/mol. The quantitative estimate of drug-likeness (QED) is 0.628. The van der Waals surface area contributed by atoms with Crippen LogP contribution >= 0.6 is 0 Å². The van der Waals surface area contributed by atoms with Gasteiger partial charge >= 0.3 is 5.97 Å². The van der Waals surface area contributed by atoms with Crippen molar-refractivity contribution in [2.45, 2.75) is 32.2 Å². The minimum absolute atomic E-state index is 0.110. The highest BCUT2D eigenvalue weighted by molar-refractivity contribution is 5.69. The largest absolute Gasteiger partial charge is 0.469 e. The van der Waals surface area contributed by atoms with E-state index in [0.29, 0.717) is 18.4 Å². The van der Waals surface area contributed by atoms with Gasteiger partial charge in [-0.3, -0.25) is 4.79 Å². The molecule has 1 rings (SSSR count). The first-order chi connectivity index (χ1) is 5.74. The Morgan fingerprint density at radius 3 is 3.00 bits per heavy atom. The molecule has 3 nitrogen and oxygen atoms in total. The van der Waals surface area contributed by atoms with Crippen LogP contribution in [0.15, 0.2) is 0 Å². The molecule has 0 amide bonds. The number of esters is 1. The van der Waals surface area contributed by atoms with Crippen molar-refractivity contribution in [2.24, 2.45) is 5.92 Å². The third kappa shape index (κ3) is 2.48. The van der Waals surface area contributed by atoms with Crippen molar-refractivity contribution in [3.05, 3.63) is 0 Å². The smallest absolute Gasteiger partial charge is 0.307 e. The van der Waals surface area contributed by atoms with E-state index in [-0.39, 0.29) is 5.97 Å². The molecule has 3 heteroatoms. The second-order valence-electron chi connectivity index (χ2n) is 3.46. The Morgan fingerprint density at radius 2 is 2.42 bits per heavy atom. The van der Waals surface area contributed by atoms with E-state index < -0.39 is 0 Å². The number of hydrogen-bond acceptors (Lipinski definition) is 3. The van der Waals surface area contributed by atoms with Crippen molar-refractivity contribution < 1.29 is 9.53 Å². The third-order valence-corrected chi connectivity index (χ3v) is 2.54. The van der Waals surface area contributed by atoms with E-state index in [1.165, 1.54) is 20.0 Å². The van der Waals surface area contributed by atoms with Crippen LogP contribution in [0.25, 0.3) is 0 Å². The SMILES string of the molecule is COC(=O)C[C@H]1NCCC[C@H]1C. The first-order valence-electron chi connectivity index (χ1n) is 4.54. The van der Waals surface area contributed by atoms with Gasteiger partial charge in [0, 0.05) is 6.04 Å². The van der Waals surface area contributed by atoms with Crippen LogP contribution in [0.4, 0.5) is 0 Å². The number of ether oxygens (including phenoxy) is 1. The zero-order valence-electron chi connectivity index (χ0n) is 7.80. The standard InChI is InChI=1S/C9H17NO2/c1-7-4-3-5-10-8(7)6-9(11)12-2/h7-8,10H,3-6H2,1-2H3/t7-,8-/m1/s1. The topological polar surface area (TPSA) is 38.3 Å². The van der Waals surface area contributed by atoms with E-state index in [2.05, 4.69) is 17.0 Å². The number of carbonyl (C=O) groups excluding carboxylic acids is 1. The normalized spacial score (nSPS) is 29.8. The van der Waals surface area contributed by atoms with Crippen LogP contribution in [0.1, 0.15) is 26.2 Å². The average Bonchev–Trinajstić information content (AvgIpc) is 2.09. The fourth-order valence-electron chi connectivity index (χ4n) is 1.65. The van der Waals surface area contributed by atoms with Gasteiger partial charge in [-0.15, -0.1) is 0 Å². The van der Waals surface area contributed by atoms with Crippen molar-refractivity contribution in [1.82, 2.24) is 5.32 Å². The lowest BCUT2D eigenvalue weighted by Crippen LogP contribution is -2.41. The number of carbonyl (C=O) groups is 1. The first kappa shape index (κ1) is 9.52. The molecule has 1 saturated heterocycles. The van der Waals surface area contributed by atoms with Crippen LogP contribution < -0.4 is 5.32 Å². The molecule has 1 fully saturated rings. The number of methoxy groups -OCH3 is 1. The molecule has 0 radical (unpaired) electrons. The molecule has 0 saturated carbocycles. The van der Waals surface area contributed by atoms with Gasteiger partial charge in [0.2, 0.25) is 0 Å². The van der Waals surface area contributed by atoms with Crippen LogP contribution in [0.5, 0.6) is 0 Å². The Balaban J connectivity index is 2.33. The van der Waals surface area contributed by atoms with Crippen molar-refractivity contribution in [1.29, 1.82) is 0 Å². The van der Waals surface area contributed by atoms with Crippen LogP contribution in [0.3, 0.4) is 0 Å². The predicted octanol–water partition coefficient (Wildman–Crippen LogP) is 0.938. The van der Waals surface area contributed by atoms with Crippen LogP contribution in [-0.4, -0.2) is 25.7 Å². The number of rotatable bonds is 2. The van der Waals surface area contributed by atoms with Gasteiger partial charge in [0.05, 0.1) is 13.5 Å². The summed E-state index contributed by atoms with van der Waals surface area (Å²) < 4.78 is 4.62. The number of piperidine rings is 1. The van der Waals surface area contributed by atoms with Gasteiger partial charge in [-0.05, 0) is 25.3 Å². The van der Waals surface area contributed by atoms with Gasteiger partial charge < -0.3 is 10.1 Å². The lowest BCUT2D eigenvalue weighted by molar-refractivity contribution is -0.141. The molecule has 0 bridgehead atoms. The van der Waals surface area contributed by atoms with Gasteiger partial charge in [-0.2, -0.15) is 0 Å². The molecule has 1 N–H and O–H groups in total. The van der Waals surface area contributed by atoms with Crippen LogP contribution in [-0.2, 0) is 9.53 Å². The van der Waals surface area contributed by atoms with E-state index in [4.69, 9.17) is 0 Å². The highest BCUT2D eigenvalue weighted by Crippen LogP contribution is 2.17. The minimum atomic E-state index is -0.110. The molecule has 0 spiro atoms. The fourth-order valence-corrected chi connectivity index (χ4v) is 1.65. The zero-order chi connectivity index (χ0) is 8.97. The molecule has 0 aromatic heterocycles. The third-order valence-electron chi connectivity index (χ3n) is 2.54. The fraction of sp³-hybridized carbons (Fsp3) is 0.889. The summed E-state index contributed by atoms with van der Waals surface area (Å²) in [5.41, 5.74) is 0. The highest BCUT2D eigenvalue weighted by Gasteiger charge is 2.23. The van der Waals surface area contributed by atoms with E-state index in [1.54, 1.807) is 0 Å². The van der Waals surface area contributed by atoms with Gasteiger partial charge in [0.25, 0.3) is 0 Å². The molecule has 70 valence electrons. The van der Waals surface area contributed by atoms with Crippen molar-refractivity contribution in [3.8, 4) is 0 Å². The summed E-state index contributed by atoms with van der Waals surface area (Å²) in [6.07, 6.45) is 2.95. The summed E-state index contributed by atoms with van der Waals surface area (Å²) in [5.74, 6) is 0.485. The minimum Gasteiger partial charge on any atom is -0.469 e. The maximum atomic E-state index is 11.0. The number of nitrogens with one attached hydrogen (secondary N) is 1. The van der Waals surface area contributed by atoms with Crippen molar-refractivity contribution in [3.63, 3.8) is 0 Å². The Hall–Kier alpha value is -0.570. The Labute approximate surface area is 73.5 Å². The molecular formula is C9H17NO2. The first-order valence-corrected chi connectivity index (χ1v) is 4.54. The van der Waals surface area contributed by atoms with Gasteiger partial charge in [0.1, 0.15) is 0 Å². The summed E-state index contributed by atoms with van der Waals surface area (Å²) in [4.78, 5) is 11.0. The summed E-state index contributed by atoms with van der Waals surface area (Å²) >= 11 is 0. The van der Waals surface area contributed by atoms with Gasteiger partial charge in [0.15, 0.2) is 0 Å². The molecular weight excluding hydrogens is 154 g/mol. The lowest BCUT2D eigenvalue weighted by atomic mass is 9.91. The van der Waals surface area contributed by atoms with Crippen molar-refractivity contribution in [2.75, 3.05) is 13.7 Å². The zero-order valence-corrected chi connectivity index (χ0v) is 7.80. The molecule has 1 aliphatic heterocycles. The highest BCUT2D eigenvalue weighted by atomic mass is 16.5. The molecule has 0 aromatic carbocycles. The summed E-state index contributed by atoms with van der Waals surface area (Å²) in [5, 5.41) is 3.33. The van der Waals surface area contributed by atoms with Gasteiger partial charge in [-0.25, -0.2) is 0 Å². The van der Waals surface area contributed by atoms with Crippen molar-refractivity contribution >= 4 is 5.97 Å². The molecule has 0 aliphatic carbocycles. The second kappa shape index (κ2) is 4.45. The Morgan fingerprint density at radius 1 is 1.67 bits per heavy atom. The van der Waals surface area contributed by atoms with Gasteiger partial charge in [-0.1, -0.05) is 6.92 Å². The van der Waals surface area contributed by atoms with E-state index >= 15 is 0 Å². The lowest BCUT2D eigenvalue weighted by Gasteiger charge is -2.29. The molecule has 1 aliphatic rings. The van der Waals surface area contributed by atoms with E-state index in [1.807, 2.05) is 0 Å². The van der Waals surface area contributed by atoms with Crippen LogP contribution in [0, 0.1) is 5.92 Å². The summed E-state index contributed by atoms with van der Waals surface area (Å²) in [7, 11) is 1.44. The Bertz CT molecular complexity index is 159. The average molecular weight is 171 g/mol.